The highest BCUT2D eigenvalue weighted by Crippen LogP contribution is 2.29. The molecule has 0 saturated carbocycles. The van der Waals surface area contributed by atoms with Gasteiger partial charge in [0, 0.05) is 37.8 Å². The van der Waals surface area contributed by atoms with E-state index in [2.05, 4.69) is 48.3 Å². The van der Waals surface area contributed by atoms with Crippen molar-refractivity contribution < 1.29 is 9.90 Å². The number of hydrogen-bond acceptors (Lipinski definition) is 3. The first kappa shape index (κ1) is 13.9. The summed E-state index contributed by atoms with van der Waals surface area (Å²) < 4.78 is 0. The minimum absolute atomic E-state index is 0.0863. The highest BCUT2D eigenvalue weighted by molar-refractivity contribution is 5.72. The van der Waals surface area contributed by atoms with Crippen molar-refractivity contribution in [3.05, 3.63) is 29.8 Å². The number of hydrogen-bond donors (Lipinski definition) is 2. The van der Waals surface area contributed by atoms with Gasteiger partial charge in [-0.2, -0.15) is 0 Å². The second kappa shape index (κ2) is 6.06. The fourth-order valence-electron chi connectivity index (χ4n) is 2.81. The highest BCUT2D eigenvalue weighted by Gasteiger charge is 2.33. The Bertz CT molecular complexity index is 426. The maximum atomic E-state index is 11.2. The van der Waals surface area contributed by atoms with Crippen molar-refractivity contribution in [1.82, 2.24) is 5.32 Å². The summed E-state index contributed by atoms with van der Waals surface area (Å²) in [5.41, 5.74) is 2.32. The van der Waals surface area contributed by atoms with Gasteiger partial charge in [0.05, 0.1) is 5.92 Å². The fraction of sp³-hybridized carbons (Fsp3) is 0.533. The molecule has 1 heterocycles. The van der Waals surface area contributed by atoms with Gasteiger partial charge in [-0.05, 0) is 31.5 Å². The number of nitrogens with one attached hydrogen (secondary N) is 1. The molecule has 4 heteroatoms. The van der Waals surface area contributed by atoms with E-state index in [1.165, 1.54) is 5.69 Å². The maximum Gasteiger partial charge on any atom is 0.308 e. The molecule has 2 atom stereocenters. The predicted molar refractivity (Wildman–Crippen MR) is 76.7 cm³/mol. The minimum Gasteiger partial charge on any atom is -0.481 e. The van der Waals surface area contributed by atoms with Crippen LogP contribution in [-0.2, 0) is 4.79 Å². The Morgan fingerprint density at radius 1 is 1.26 bits per heavy atom. The Labute approximate surface area is 114 Å². The molecule has 1 aromatic rings. The van der Waals surface area contributed by atoms with Crippen molar-refractivity contribution in [2.75, 3.05) is 31.1 Å². The van der Waals surface area contributed by atoms with E-state index in [0.717, 1.165) is 25.2 Å². The van der Waals surface area contributed by atoms with Gasteiger partial charge in [0.1, 0.15) is 0 Å². The van der Waals surface area contributed by atoms with E-state index in [-0.39, 0.29) is 11.8 Å². The highest BCUT2D eigenvalue weighted by atomic mass is 16.4. The van der Waals surface area contributed by atoms with Crippen LogP contribution in [0.2, 0.25) is 0 Å². The second-order valence-corrected chi connectivity index (χ2v) is 4.97. The molecule has 0 aliphatic carbocycles. The first-order valence-corrected chi connectivity index (χ1v) is 6.95. The molecule has 0 spiro atoms. The molecule has 2 N–H and O–H groups in total. The average Bonchev–Trinajstić information content (AvgIpc) is 2.90. The van der Waals surface area contributed by atoms with Gasteiger partial charge < -0.3 is 15.3 Å². The van der Waals surface area contributed by atoms with Crippen LogP contribution in [0.15, 0.2) is 24.3 Å². The van der Waals surface area contributed by atoms with Gasteiger partial charge in [-0.25, -0.2) is 0 Å². The zero-order valence-corrected chi connectivity index (χ0v) is 11.6. The lowest BCUT2D eigenvalue weighted by Crippen LogP contribution is -2.22. The van der Waals surface area contributed by atoms with E-state index in [4.69, 9.17) is 0 Å². The van der Waals surface area contributed by atoms with Crippen molar-refractivity contribution >= 4 is 11.7 Å². The number of aliphatic carboxylic acids is 1. The van der Waals surface area contributed by atoms with Gasteiger partial charge in [0.25, 0.3) is 0 Å². The Hall–Kier alpha value is -1.55. The monoisotopic (exact) mass is 262 g/mol. The van der Waals surface area contributed by atoms with E-state index in [0.29, 0.717) is 6.54 Å². The normalized spacial score (nSPS) is 22.4. The first-order valence-electron chi connectivity index (χ1n) is 6.95. The Kier molecular flexibility index (Phi) is 4.43. The van der Waals surface area contributed by atoms with E-state index < -0.39 is 5.97 Å². The van der Waals surface area contributed by atoms with E-state index in [1.54, 1.807) is 0 Å². The van der Waals surface area contributed by atoms with E-state index in [9.17, 15) is 9.90 Å². The standard InChI is InChI=1S/C15H22N2O2/c1-3-17(4-2)12-7-5-11(6-8-12)13-9-16-10-14(13)15(18)19/h5-8,13-14,16H,3-4,9-10H2,1-2H3,(H,18,19)/t13-,14+/m0/s1. The third kappa shape index (κ3) is 2.89. The maximum absolute atomic E-state index is 11.2. The van der Waals surface area contributed by atoms with Crippen LogP contribution in [0.5, 0.6) is 0 Å². The number of rotatable bonds is 5. The summed E-state index contributed by atoms with van der Waals surface area (Å²) in [7, 11) is 0. The van der Waals surface area contributed by atoms with Gasteiger partial charge >= 0.3 is 5.97 Å². The number of carbonyl (C=O) groups is 1. The molecule has 4 nitrogen and oxygen atoms in total. The summed E-state index contributed by atoms with van der Waals surface area (Å²) in [6.07, 6.45) is 0. The summed E-state index contributed by atoms with van der Waals surface area (Å²) >= 11 is 0. The molecule has 0 bridgehead atoms. The lowest BCUT2D eigenvalue weighted by Gasteiger charge is -2.22. The number of carboxylic acids is 1. The Morgan fingerprint density at radius 2 is 1.89 bits per heavy atom. The SMILES string of the molecule is CCN(CC)c1ccc([C@@H]2CNC[C@H]2C(=O)O)cc1. The van der Waals surface area contributed by atoms with Crippen LogP contribution in [0, 0.1) is 5.92 Å². The molecule has 2 rings (SSSR count). The van der Waals surface area contributed by atoms with Crippen LogP contribution < -0.4 is 10.2 Å². The summed E-state index contributed by atoms with van der Waals surface area (Å²) in [6, 6.07) is 8.33. The topological polar surface area (TPSA) is 52.6 Å². The lowest BCUT2D eigenvalue weighted by atomic mass is 9.89. The number of anilines is 1. The zero-order valence-electron chi connectivity index (χ0n) is 11.6. The molecule has 0 radical (unpaired) electrons. The quantitative estimate of drug-likeness (QED) is 0.851. The van der Waals surface area contributed by atoms with Crippen LogP contribution in [0.25, 0.3) is 0 Å². The number of benzene rings is 1. The summed E-state index contributed by atoms with van der Waals surface area (Å²) in [5, 5.41) is 12.4. The van der Waals surface area contributed by atoms with Crippen molar-refractivity contribution in [3.63, 3.8) is 0 Å². The molecule has 0 unspecified atom stereocenters. The third-order valence-electron chi connectivity index (χ3n) is 3.98. The molecule has 19 heavy (non-hydrogen) atoms. The molecule has 1 fully saturated rings. The molecule has 1 saturated heterocycles. The van der Waals surface area contributed by atoms with Crippen molar-refractivity contribution in [2.24, 2.45) is 5.92 Å². The van der Waals surface area contributed by atoms with Crippen molar-refractivity contribution in [1.29, 1.82) is 0 Å². The molecule has 1 aliphatic rings. The molecule has 0 aromatic heterocycles. The van der Waals surface area contributed by atoms with Gasteiger partial charge in [0.15, 0.2) is 0 Å². The van der Waals surface area contributed by atoms with Gasteiger partial charge in [0.2, 0.25) is 0 Å². The van der Waals surface area contributed by atoms with E-state index >= 15 is 0 Å². The van der Waals surface area contributed by atoms with Gasteiger partial charge in [-0.1, -0.05) is 12.1 Å². The molecular formula is C15H22N2O2. The third-order valence-corrected chi connectivity index (χ3v) is 3.98. The second-order valence-electron chi connectivity index (χ2n) is 4.97. The van der Waals surface area contributed by atoms with Crippen LogP contribution >= 0.6 is 0 Å². The van der Waals surface area contributed by atoms with Crippen LogP contribution in [0.3, 0.4) is 0 Å². The molecule has 104 valence electrons. The summed E-state index contributed by atoms with van der Waals surface area (Å²) in [6.45, 7) is 7.56. The van der Waals surface area contributed by atoms with Crippen LogP contribution in [-0.4, -0.2) is 37.3 Å². The first-order chi connectivity index (χ1) is 9.17. The smallest absolute Gasteiger partial charge is 0.308 e. The van der Waals surface area contributed by atoms with Crippen LogP contribution in [0.1, 0.15) is 25.3 Å². The van der Waals surface area contributed by atoms with Gasteiger partial charge in [-0.3, -0.25) is 4.79 Å². The zero-order chi connectivity index (χ0) is 13.8. The minimum atomic E-state index is -0.706. The molecule has 0 amide bonds. The summed E-state index contributed by atoms with van der Waals surface area (Å²) in [4.78, 5) is 13.5. The molecule has 1 aromatic carbocycles. The van der Waals surface area contributed by atoms with Crippen LogP contribution in [0.4, 0.5) is 5.69 Å². The molecular weight excluding hydrogens is 240 g/mol. The van der Waals surface area contributed by atoms with Crippen molar-refractivity contribution in [2.45, 2.75) is 19.8 Å². The van der Waals surface area contributed by atoms with Gasteiger partial charge in [-0.15, -0.1) is 0 Å². The number of nitrogens with zero attached hydrogens (tertiary/aromatic N) is 1. The largest absolute Gasteiger partial charge is 0.481 e. The van der Waals surface area contributed by atoms with Crippen molar-refractivity contribution in [3.8, 4) is 0 Å². The number of carboxylic acid groups (broad SMARTS) is 1. The lowest BCUT2D eigenvalue weighted by molar-refractivity contribution is -0.141. The predicted octanol–water partition coefficient (Wildman–Crippen LogP) is 1.92. The summed E-state index contributed by atoms with van der Waals surface area (Å²) in [5.74, 6) is -0.926. The fourth-order valence-corrected chi connectivity index (χ4v) is 2.81. The van der Waals surface area contributed by atoms with E-state index in [1.807, 2.05) is 0 Å². The molecule has 1 aliphatic heterocycles. The Morgan fingerprint density at radius 3 is 2.42 bits per heavy atom. The Balaban J connectivity index is 2.16. The average molecular weight is 262 g/mol.